The molecule has 2 aromatic carbocycles. The Labute approximate surface area is 112 Å². The molecule has 1 atom stereocenters. The summed E-state index contributed by atoms with van der Waals surface area (Å²) < 4.78 is 12.8. The molecule has 0 aliphatic heterocycles. The summed E-state index contributed by atoms with van der Waals surface area (Å²) in [7, 11) is 1.91. The zero-order chi connectivity index (χ0) is 13.0. The van der Waals surface area contributed by atoms with Gasteiger partial charge in [0.15, 0.2) is 0 Å². The maximum Gasteiger partial charge on any atom is 0.123 e. The molecule has 0 bridgehead atoms. The second-order valence-corrected chi connectivity index (χ2v) is 4.66. The third-order valence-electron chi connectivity index (χ3n) is 2.95. The molecule has 1 N–H and O–H groups in total. The highest BCUT2D eigenvalue weighted by Gasteiger charge is 2.10. The van der Waals surface area contributed by atoms with Crippen LogP contribution in [0.1, 0.15) is 17.2 Å². The lowest BCUT2D eigenvalue weighted by atomic mass is 9.99. The molecule has 0 saturated heterocycles. The summed E-state index contributed by atoms with van der Waals surface area (Å²) in [6.07, 6.45) is 0.803. The van der Waals surface area contributed by atoms with Crippen LogP contribution in [-0.4, -0.2) is 7.05 Å². The van der Waals surface area contributed by atoms with Crippen molar-refractivity contribution in [2.75, 3.05) is 7.05 Å². The van der Waals surface area contributed by atoms with E-state index in [4.69, 9.17) is 11.6 Å². The molecule has 0 aliphatic rings. The minimum Gasteiger partial charge on any atom is -0.313 e. The molecule has 18 heavy (non-hydrogen) atoms. The molecule has 0 radical (unpaired) electrons. The number of hydrogen-bond donors (Lipinski definition) is 1. The highest BCUT2D eigenvalue weighted by atomic mass is 35.5. The first-order valence-electron chi connectivity index (χ1n) is 5.86. The van der Waals surface area contributed by atoms with Gasteiger partial charge in [0.25, 0.3) is 0 Å². The summed E-state index contributed by atoms with van der Waals surface area (Å²) in [5, 5.41) is 3.98. The predicted molar refractivity (Wildman–Crippen MR) is 73.4 cm³/mol. The molecule has 0 aliphatic carbocycles. The third-order valence-corrected chi connectivity index (χ3v) is 3.19. The van der Waals surface area contributed by atoms with Crippen LogP contribution >= 0.6 is 11.6 Å². The van der Waals surface area contributed by atoms with E-state index in [1.807, 2.05) is 43.4 Å². The minimum atomic E-state index is -0.206. The number of likely N-dealkylation sites (N-methyl/N-ethyl adjacent to an activating group) is 1. The van der Waals surface area contributed by atoms with E-state index >= 15 is 0 Å². The fourth-order valence-corrected chi connectivity index (χ4v) is 2.16. The molecule has 0 fully saturated rings. The van der Waals surface area contributed by atoms with Gasteiger partial charge in [0.1, 0.15) is 5.82 Å². The zero-order valence-electron chi connectivity index (χ0n) is 10.2. The van der Waals surface area contributed by atoms with Crippen molar-refractivity contribution in [2.45, 2.75) is 12.5 Å². The Kier molecular flexibility index (Phi) is 4.34. The topological polar surface area (TPSA) is 12.0 Å². The van der Waals surface area contributed by atoms with Crippen molar-refractivity contribution < 1.29 is 4.39 Å². The number of halogens is 2. The van der Waals surface area contributed by atoms with E-state index in [1.54, 1.807) is 0 Å². The lowest BCUT2D eigenvalue weighted by Gasteiger charge is -2.17. The van der Waals surface area contributed by atoms with Crippen LogP contribution in [0.15, 0.2) is 48.5 Å². The molecule has 2 rings (SSSR count). The largest absolute Gasteiger partial charge is 0.313 e. The molecule has 0 spiro atoms. The Morgan fingerprint density at radius 1 is 1.17 bits per heavy atom. The monoisotopic (exact) mass is 263 g/mol. The SMILES string of the molecule is CNC(Cc1ccc(F)cc1)c1cccc(Cl)c1. The van der Waals surface area contributed by atoms with E-state index in [2.05, 4.69) is 5.32 Å². The first-order chi connectivity index (χ1) is 8.69. The summed E-state index contributed by atoms with van der Waals surface area (Å²) in [5.74, 6) is -0.206. The smallest absolute Gasteiger partial charge is 0.123 e. The number of rotatable bonds is 4. The van der Waals surface area contributed by atoms with Gasteiger partial charge in [-0.15, -0.1) is 0 Å². The van der Waals surface area contributed by atoms with Crippen LogP contribution in [0.2, 0.25) is 5.02 Å². The predicted octanol–water partition coefficient (Wildman–Crippen LogP) is 3.98. The molecule has 0 amide bonds. The van der Waals surface area contributed by atoms with Gasteiger partial charge >= 0.3 is 0 Å². The molecule has 94 valence electrons. The van der Waals surface area contributed by atoms with Crippen LogP contribution in [0.5, 0.6) is 0 Å². The maximum absolute atomic E-state index is 12.8. The van der Waals surface area contributed by atoms with Crippen molar-refractivity contribution in [2.24, 2.45) is 0 Å². The fourth-order valence-electron chi connectivity index (χ4n) is 1.97. The van der Waals surface area contributed by atoms with Crippen molar-refractivity contribution in [1.29, 1.82) is 0 Å². The molecule has 0 aromatic heterocycles. The Morgan fingerprint density at radius 2 is 1.89 bits per heavy atom. The highest BCUT2D eigenvalue weighted by molar-refractivity contribution is 6.30. The zero-order valence-corrected chi connectivity index (χ0v) is 10.9. The lowest BCUT2D eigenvalue weighted by Crippen LogP contribution is -2.18. The van der Waals surface area contributed by atoms with E-state index in [1.165, 1.54) is 12.1 Å². The molecule has 3 heteroatoms. The Morgan fingerprint density at radius 3 is 2.50 bits per heavy atom. The van der Waals surface area contributed by atoms with Gasteiger partial charge in [0, 0.05) is 11.1 Å². The van der Waals surface area contributed by atoms with Crippen LogP contribution in [0.3, 0.4) is 0 Å². The Hall–Kier alpha value is -1.38. The quantitative estimate of drug-likeness (QED) is 0.880. The fraction of sp³-hybridized carbons (Fsp3) is 0.200. The van der Waals surface area contributed by atoms with Crippen molar-refractivity contribution in [3.63, 3.8) is 0 Å². The number of nitrogens with one attached hydrogen (secondary N) is 1. The van der Waals surface area contributed by atoms with Crippen LogP contribution in [0.25, 0.3) is 0 Å². The van der Waals surface area contributed by atoms with E-state index in [-0.39, 0.29) is 11.9 Å². The third kappa shape index (κ3) is 3.31. The lowest BCUT2D eigenvalue weighted by molar-refractivity contribution is 0.589. The standard InChI is InChI=1S/C15H15ClFN/c1-18-15(12-3-2-4-13(16)10-12)9-11-5-7-14(17)8-6-11/h2-8,10,15,18H,9H2,1H3. The van der Waals surface area contributed by atoms with Gasteiger partial charge in [-0.05, 0) is 48.9 Å². The summed E-state index contributed by atoms with van der Waals surface area (Å²) >= 11 is 5.99. The summed E-state index contributed by atoms with van der Waals surface area (Å²) in [6.45, 7) is 0. The molecular weight excluding hydrogens is 249 g/mol. The molecular formula is C15H15ClFN. The molecule has 1 unspecified atom stereocenters. The van der Waals surface area contributed by atoms with Crippen LogP contribution < -0.4 is 5.32 Å². The summed E-state index contributed by atoms with van der Waals surface area (Å²) in [4.78, 5) is 0. The average Bonchev–Trinajstić information content (AvgIpc) is 2.38. The molecule has 1 nitrogen and oxygen atoms in total. The average molecular weight is 264 g/mol. The normalized spacial score (nSPS) is 12.4. The van der Waals surface area contributed by atoms with Crippen LogP contribution in [0.4, 0.5) is 4.39 Å². The summed E-state index contributed by atoms with van der Waals surface area (Å²) in [6, 6.07) is 14.5. The van der Waals surface area contributed by atoms with Crippen molar-refractivity contribution in [1.82, 2.24) is 5.32 Å². The van der Waals surface area contributed by atoms with E-state index in [9.17, 15) is 4.39 Å². The first-order valence-corrected chi connectivity index (χ1v) is 6.24. The van der Waals surface area contributed by atoms with Crippen molar-refractivity contribution in [3.05, 3.63) is 70.5 Å². The van der Waals surface area contributed by atoms with Gasteiger partial charge in [-0.1, -0.05) is 35.9 Å². The second-order valence-electron chi connectivity index (χ2n) is 4.23. The van der Waals surface area contributed by atoms with Crippen molar-refractivity contribution >= 4 is 11.6 Å². The van der Waals surface area contributed by atoms with Gasteiger partial charge in [0.2, 0.25) is 0 Å². The molecule has 2 aromatic rings. The van der Waals surface area contributed by atoms with Crippen LogP contribution in [-0.2, 0) is 6.42 Å². The van der Waals surface area contributed by atoms with Crippen molar-refractivity contribution in [3.8, 4) is 0 Å². The summed E-state index contributed by atoms with van der Waals surface area (Å²) in [5.41, 5.74) is 2.23. The van der Waals surface area contributed by atoms with E-state index in [0.717, 1.165) is 22.6 Å². The van der Waals surface area contributed by atoms with Gasteiger partial charge in [-0.3, -0.25) is 0 Å². The van der Waals surface area contributed by atoms with Crippen LogP contribution in [0, 0.1) is 5.82 Å². The highest BCUT2D eigenvalue weighted by Crippen LogP contribution is 2.21. The Bertz CT molecular complexity index is 510. The van der Waals surface area contributed by atoms with E-state index < -0.39 is 0 Å². The first kappa shape index (κ1) is 13.1. The number of hydrogen-bond acceptors (Lipinski definition) is 1. The number of benzene rings is 2. The molecule has 0 heterocycles. The Balaban J connectivity index is 2.17. The van der Waals surface area contributed by atoms with Gasteiger partial charge in [-0.25, -0.2) is 4.39 Å². The maximum atomic E-state index is 12.8. The minimum absolute atomic E-state index is 0.175. The van der Waals surface area contributed by atoms with Gasteiger partial charge in [-0.2, -0.15) is 0 Å². The van der Waals surface area contributed by atoms with Gasteiger partial charge in [0.05, 0.1) is 0 Å². The van der Waals surface area contributed by atoms with E-state index in [0.29, 0.717) is 0 Å². The second kappa shape index (κ2) is 5.98. The van der Waals surface area contributed by atoms with Gasteiger partial charge < -0.3 is 5.32 Å². The molecule has 0 saturated carbocycles.